The van der Waals surface area contributed by atoms with Gasteiger partial charge in [-0.05, 0) is 41.0 Å². The number of carbonyl (C=O) groups excluding carboxylic acids is 1. The number of aliphatic imine (C=N–C) groups is 1. The third-order valence-corrected chi connectivity index (χ3v) is 6.88. The number of hydrogen-bond acceptors (Lipinski definition) is 5. The minimum atomic E-state index is -1.07. The quantitative estimate of drug-likeness (QED) is 0.558. The van der Waals surface area contributed by atoms with E-state index in [0.29, 0.717) is 17.1 Å². The van der Waals surface area contributed by atoms with Crippen molar-refractivity contribution in [2.45, 2.75) is 70.7 Å². The first-order valence-electron chi connectivity index (χ1n) is 10.0. The summed E-state index contributed by atoms with van der Waals surface area (Å²) in [5.74, 6) is -0.487. The molecule has 1 aromatic rings. The van der Waals surface area contributed by atoms with Crippen LogP contribution in [0.15, 0.2) is 28.4 Å². The molecule has 0 bridgehead atoms. The van der Waals surface area contributed by atoms with Crippen LogP contribution in [0.4, 0.5) is 0 Å². The predicted octanol–water partition coefficient (Wildman–Crippen LogP) is 4.05. The zero-order valence-corrected chi connectivity index (χ0v) is 19.4. The second kappa shape index (κ2) is 7.45. The molecule has 0 spiro atoms. The van der Waals surface area contributed by atoms with Crippen LogP contribution in [0.5, 0.6) is 5.75 Å². The molecule has 0 saturated carbocycles. The summed E-state index contributed by atoms with van der Waals surface area (Å²) < 4.78 is 0. The number of β-lactam (4-membered cyclic amide) rings is 1. The molecule has 0 unspecified atom stereocenters. The van der Waals surface area contributed by atoms with E-state index in [1.165, 1.54) is 16.7 Å². The van der Waals surface area contributed by atoms with E-state index < -0.39 is 12.0 Å². The fourth-order valence-electron chi connectivity index (χ4n) is 3.80. The number of phenolic OH excluding ortho intramolecular Hbond substituents is 1. The highest BCUT2D eigenvalue weighted by molar-refractivity contribution is 8.00. The topological polar surface area (TPSA) is 90.2 Å². The molecule has 1 aromatic carbocycles. The molecule has 2 heterocycles. The van der Waals surface area contributed by atoms with Gasteiger partial charge in [-0.2, -0.15) is 0 Å². The van der Waals surface area contributed by atoms with Crippen molar-refractivity contribution in [1.29, 1.82) is 0 Å². The Kier molecular flexibility index (Phi) is 5.56. The van der Waals surface area contributed by atoms with E-state index in [1.807, 2.05) is 53.7 Å². The van der Waals surface area contributed by atoms with Crippen molar-refractivity contribution in [2.24, 2.45) is 4.99 Å². The second-order valence-corrected chi connectivity index (χ2v) is 11.1. The molecule has 1 saturated heterocycles. The average Bonchev–Trinajstić information content (AvgIpc) is 2.60. The molecule has 6 nitrogen and oxygen atoms in total. The number of carboxylic acids is 1. The Morgan fingerprint density at radius 3 is 2.17 bits per heavy atom. The van der Waals surface area contributed by atoms with Crippen molar-refractivity contribution in [1.82, 2.24) is 4.90 Å². The van der Waals surface area contributed by atoms with Gasteiger partial charge in [-0.25, -0.2) is 4.79 Å². The van der Waals surface area contributed by atoms with Crippen LogP contribution in [0.25, 0.3) is 0 Å². The Morgan fingerprint density at radius 2 is 1.70 bits per heavy atom. The number of carbonyl (C=O) groups is 2. The number of aliphatic carboxylic acids is 1. The molecule has 0 radical (unpaired) electrons. The number of fused-ring (bicyclic) bond motifs is 1. The summed E-state index contributed by atoms with van der Waals surface area (Å²) in [6.07, 6.45) is 1.68. The van der Waals surface area contributed by atoms with Crippen LogP contribution in [0.2, 0.25) is 0 Å². The van der Waals surface area contributed by atoms with E-state index in [-0.39, 0.29) is 27.8 Å². The lowest BCUT2D eigenvalue weighted by Gasteiger charge is -2.47. The number of amides is 1. The van der Waals surface area contributed by atoms with Gasteiger partial charge in [0.25, 0.3) is 5.91 Å². The molecular formula is C23H30N2O4S. The molecule has 1 fully saturated rings. The second-order valence-electron chi connectivity index (χ2n) is 10.0. The summed E-state index contributed by atoms with van der Waals surface area (Å²) in [7, 11) is 0. The predicted molar refractivity (Wildman–Crippen MR) is 120 cm³/mol. The molecule has 3 rings (SSSR count). The van der Waals surface area contributed by atoms with Crippen LogP contribution in [-0.4, -0.2) is 50.4 Å². The van der Waals surface area contributed by atoms with Crippen LogP contribution in [0.1, 0.15) is 65.2 Å². The highest BCUT2D eigenvalue weighted by Crippen LogP contribution is 2.42. The Labute approximate surface area is 182 Å². The van der Waals surface area contributed by atoms with E-state index in [9.17, 15) is 19.8 Å². The SMILES string of the molecule is CC1=C(C(=O)O)N2C(=O)[C@@H](N=Cc3cc(C(C)(C)C)c(O)c(C(C)(C)C)c3)[C@H]2SC1. The lowest BCUT2D eigenvalue weighted by atomic mass is 9.78. The first-order chi connectivity index (χ1) is 13.7. The van der Waals surface area contributed by atoms with E-state index in [2.05, 4.69) is 4.99 Å². The first-order valence-corrected chi connectivity index (χ1v) is 11.1. The maximum atomic E-state index is 12.6. The Morgan fingerprint density at radius 1 is 1.17 bits per heavy atom. The number of aromatic hydroxyl groups is 1. The fraction of sp³-hybridized carbons (Fsp3) is 0.522. The van der Waals surface area contributed by atoms with Gasteiger partial charge in [-0.1, -0.05) is 41.5 Å². The van der Waals surface area contributed by atoms with Gasteiger partial charge in [0.2, 0.25) is 0 Å². The van der Waals surface area contributed by atoms with E-state index in [0.717, 1.165) is 16.7 Å². The third kappa shape index (κ3) is 3.87. The molecule has 2 atom stereocenters. The summed E-state index contributed by atoms with van der Waals surface area (Å²) in [5, 5.41) is 20.0. The van der Waals surface area contributed by atoms with Crippen molar-refractivity contribution < 1.29 is 19.8 Å². The maximum Gasteiger partial charge on any atom is 0.352 e. The van der Waals surface area contributed by atoms with E-state index >= 15 is 0 Å². The monoisotopic (exact) mass is 430 g/mol. The fourth-order valence-corrected chi connectivity index (χ4v) is 5.09. The molecule has 2 aliphatic rings. The molecule has 162 valence electrons. The van der Waals surface area contributed by atoms with Crippen LogP contribution < -0.4 is 0 Å². The van der Waals surface area contributed by atoms with Crippen LogP contribution >= 0.6 is 11.8 Å². The van der Waals surface area contributed by atoms with Crippen molar-refractivity contribution in [2.75, 3.05) is 5.75 Å². The van der Waals surface area contributed by atoms with E-state index in [4.69, 9.17) is 0 Å². The molecular weight excluding hydrogens is 400 g/mol. The zero-order chi connectivity index (χ0) is 22.6. The Bertz CT molecular complexity index is 931. The van der Waals surface area contributed by atoms with Crippen LogP contribution in [0, 0.1) is 0 Å². The van der Waals surface area contributed by atoms with Crippen molar-refractivity contribution in [3.63, 3.8) is 0 Å². The molecule has 1 amide bonds. The normalized spacial score (nSPS) is 22.4. The number of hydrogen-bond donors (Lipinski definition) is 2. The molecule has 7 heteroatoms. The van der Waals surface area contributed by atoms with Crippen molar-refractivity contribution in [3.05, 3.63) is 40.1 Å². The highest BCUT2D eigenvalue weighted by atomic mass is 32.2. The molecule has 2 aliphatic heterocycles. The number of phenols is 1. The first kappa shape index (κ1) is 22.4. The average molecular weight is 431 g/mol. The number of benzene rings is 1. The highest BCUT2D eigenvalue weighted by Gasteiger charge is 2.53. The van der Waals surface area contributed by atoms with Gasteiger partial charge in [0.05, 0.1) is 0 Å². The molecule has 30 heavy (non-hydrogen) atoms. The van der Waals surface area contributed by atoms with E-state index in [1.54, 1.807) is 13.1 Å². The lowest BCUT2D eigenvalue weighted by molar-refractivity contribution is -0.147. The largest absolute Gasteiger partial charge is 0.507 e. The Balaban J connectivity index is 1.94. The minimum Gasteiger partial charge on any atom is -0.507 e. The number of rotatable bonds is 3. The summed E-state index contributed by atoms with van der Waals surface area (Å²) in [4.78, 5) is 30.1. The number of thioether (sulfide) groups is 1. The summed E-state index contributed by atoms with van der Waals surface area (Å²) >= 11 is 1.54. The van der Waals surface area contributed by atoms with Gasteiger partial charge in [0, 0.05) is 23.1 Å². The number of nitrogens with zero attached hydrogens (tertiary/aromatic N) is 2. The van der Waals surface area contributed by atoms with Gasteiger partial charge >= 0.3 is 5.97 Å². The summed E-state index contributed by atoms with van der Waals surface area (Å²) in [6.45, 7) is 14.0. The van der Waals surface area contributed by atoms with Gasteiger partial charge in [0.1, 0.15) is 16.8 Å². The Hall–Kier alpha value is -2.28. The summed E-state index contributed by atoms with van der Waals surface area (Å²) in [6, 6.07) is 3.23. The zero-order valence-electron chi connectivity index (χ0n) is 18.6. The smallest absolute Gasteiger partial charge is 0.352 e. The minimum absolute atomic E-state index is 0.0878. The molecule has 2 N–H and O–H groups in total. The lowest BCUT2D eigenvalue weighted by Crippen LogP contribution is -2.64. The summed E-state index contributed by atoms with van der Waals surface area (Å²) in [5.41, 5.74) is 2.75. The van der Waals surface area contributed by atoms with Gasteiger partial charge in [-0.15, -0.1) is 11.8 Å². The standard InChI is InChI=1S/C23H30N2O4S/c1-12-11-30-20-16(19(27)25(20)17(12)21(28)29)24-10-13-8-14(22(2,3)4)18(26)15(9-13)23(5,6)7/h8-10,16,20,26H,11H2,1-7H3,(H,28,29)/t16-,20-/m1/s1. The van der Waals surface area contributed by atoms with Crippen LogP contribution in [0.3, 0.4) is 0 Å². The number of carboxylic acid groups (broad SMARTS) is 1. The van der Waals surface area contributed by atoms with Crippen LogP contribution in [-0.2, 0) is 20.4 Å². The molecule has 0 aliphatic carbocycles. The molecule has 0 aromatic heterocycles. The van der Waals surface area contributed by atoms with Crippen molar-refractivity contribution in [3.8, 4) is 5.75 Å². The van der Waals surface area contributed by atoms with Gasteiger partial charge < -0.3 is 10.2 Å². The van der Waals surface area contributed by atoms with Crippen molar-refractivity contribution >= 4 is 29.9 Å². The maximum absolute atomic E-state index is 12.6. The van der Waals surface area contributed by atoms with Gasteiger partial charge in [0.15, 0.2) is 6.04 Å². The van der Waals surface area contributed by atoms with Gasteiger partial charge in [-0.3, -0.25) is 14.7 Å². The third-order valence-electron chi connectivity index (χ3n) is 5.47.